The van der Waals surface area contributed by atoms with Crippen LogP contribution < -0.4 is 5.73 Å². The number of rotatable bonds is 2. The molecule has 1 aromatic carbocycles. The molecule has 0 aromatic heterocycles. The lowest BCUT2D eigenvalue weighted by molar-refractivity contribution is 0.555. The monoisotopic (exact) mass is 242 g/mol. The summed E-state index contributed by atoms with van der Waals surface area (Å²) in [4.78, 5) is 10.5. The summed E-state index contributed by atoms with van der Waals surface area (Å²) >= 11 is 3.26. The molecule has 0 radical (unpaired) electrons. The lowest BCUT2D eigenvalue weighted by Gasteiger charge is -2.20. The van der Waals surface area contributed by atoms with Gasteiger partial charge in [-0.1, -0.05) is 22.0 Å². The van der Waals surface area contributed by atoms with Crippen LogP contribution in [0.3, 0.4) is 0 Å². The maximum Gasteiger partial charge on any atom is 0.114 e. The average molecular weight is 243 g/mol. The summed E-state index contributed by atoms with van der Waals surface area (Å²) in [6.45, 7) is 3.68. The second-order valence-corrected chi connectivity index (χ2v) is 4.39. The molecule has 0 aliphatic heterocycles. The van der Waals surface area contributed by atoms with Crippen molar-refractivity contribution in [3.8, 4) is 0 Å². The molecule has 2 N–H and O–H groups in total. The summed E-state index contributed by atoms with van der Waals surface area (Å²) in [6, 6.07) is 5.32. The molecule has 0 spiro atoms. The minimum absolute atomic E-state index is 0.391. The predicted molar refractivity (Wildman–Crippen MR) is 56.8 cm³/mol. The molecule has 0 amide bonds. The molecular formula is C9H11BrN2O. The van der Waals surface area contributed by atoms with E-state index in [1.54, 1.807) is 12.1 Å². The molecule has 70 valence electrons. The van der Waals surface area contributed by atoms with Crippen molar-refractivity contribution < 1.29 is 0 Å². The third-order valence-electron chi connectivity index (χ3n) is 1.75. The molecule has 3 nitrogen and oxygen atoms in total. The molecule has 0 saturated heterocycles. The van der Waals surface area contributed by atoms with Gasteiger partial charge in [0.2, 0.25) is 0 Å². The van der Waals surface area contributed by atoms with E-state index in [9.17, 15) is 4.91 Å². The maximum atomic E-state index is 10.5. The number of hydrogen-bond donors (Lipinski definition) is 1. The quantitative estimate of drug-likeness (QED) is 0.811. The lowest BCUT2D eigenvalue weighted by atomic mass is 9.94. The molecule has 0 aliphatic carbocycles. The molecule has 0 aliphatic rings. The zero-order valence-corrected chi connectivity index (χ0v) is 9.13. The Labute approximate surface area is 85.4 Å². The first-order chi connectivity index (χ1) is 5.95. The summed E-state index contributed by atoms with van der Waals surface area (Å²) in [6.07, 6.45) is 0. The van der Waals surface area contributed by atoms with E-state index >= 15 is 0 Å². The average Bonchev–Trinajstić information content (AvgIpc) is 2.01. The van der Waals surface area contributed by atoms with Crippen LogP contribution in [-0.2, 0) is 5.54 Å². The molecular weight excluding hydrogens is 232 g/mol. The van der Waals surface area contributed by atoms with Crippen LogP contribution in [0.4, 0.5) is 5.69 Å². The Morgan fingerprint density at radius 3 is 2.54 bits per heavy atom. The molecule has 0 atom stereocenters. The highest BCUT2D eigenvalue weighted by Crippen LogP contribution is 2.30. The first-order valence-electron chi connectivity index (χ1n) is 3.87. The lowest BCUT2D eigenvalue weighted by Crippen LogP contribution is -2.28. The Bertz CT molecular complexity index is 331. The molecule has 1 rings (SSSR count). The van der Waals surface area contributed by atoms with Gasteiger partial charge in [-0.15, -0.1) is 4.91 Å². The van der Waals surface area contributed by atoms with Gasteiger partial charge in [-0.2, -0.15) is 0 Å². The van der Waals surface area contributed by atoms with Crippen molar-refractivity contribution in [2.75, 3.05) is 0 Å². The number of nitroso groups, excluding NO2 is 1. The minimum Gasteiger partial charge on any atom is -0.322 e. The fourth-order valence-electron chi connectivity index (χ4n) is 1.13. The van der Waals surface area contributed by atoms with Crippen LogP contribution in [-0.4, -0.2) is 0 Å². The summed E-state index contributed by atoms with van der Waals surface area (Å²) in [5.74, 6) is 0. The summed E-state index contributed by atoms with van der Waals surface area (Å²) < 4.78 is 0.829. The maximum absolute atomic E-state index is 10.5. The number of hydrogen-bond acceptors (Lipinski definition) is 3. The zero-order valence-electron chi connectivity index (χ0n) is 7.54. The molecule has 0 fully saturated rings. The van der Waals surface area contributed by atoms with Crippen molar-refractivity contribution in [2.45, 2.75) is 19.4 Å². The van der Waals surface area contributed by atoms with E-state index < -0.39 is 5.54 Å². The molecule has 4 heteroatoms. The van der Waals surface area contributed by atoms with Gasteiger partial charge in [0.05, 0.1) is 0 Å². The van der Waals surface area contributed by atoms with Crippen molar-refractivity contribution in [1.82, 2.24) is 0 Å². The van der Waals surface area contributed by atoms with E-state index in [4.69, 9.17) is 5.73 Å². The van der Waals surface area contributed by atoms with Crippen LogP contribution in [0, 0.1) is 4.91 Å². The van der Waals surface area contributed by atoms with Gasteiger partial charge < -0.3 is 5.73 Å². The van der Waals surface area contributed by atoms with Gasteiger partial charge in [0.1, 0.15) is 5.69 Å². The first kappa shape index (κ1) is 10.3. The first-order valence-corrected chi connectivity index (χ1v) is 4.66. The van der Waals surface area contributed by atoms with Crippen LogP contribution in [0.1, 0.15) is 19.4 Å². The van der Waals surface area contributed by atoms with Gasteiger partial charge >= 0.3 is 0 Å². The number of nitrogens with zero attached hydrogens (tertiary/aromatic N) is 1. The number of nitrogens with two attached hydrogens (primary N) is 1. The molecule has 0 heterocycles. The Balaban J connectivity index is 3.29. The van der Waals surface area contributed by atoms with E-state index in [1.807, 2.05) is 19.9 Å². The molecule has 0 unspecified atom stereocenters. The Morgan fingerprint density at radius 2 is 2.08 bits per heavy atom. The topological polar surface area (TPSA) is 55.4 Å². The van der Waals surface area contributed by atoms with Crippen molar-refractivity contribution in [1.29, 1.82) is 0 Å². The van der Waals surface area contributed by atoms with Crippen LogP contribution in [0.15, 0.2) is 27.8 Å². The highest BCUT2D eigenvalue weighted by atomic mass is 79.9. The fourth-order valence-corrected chi connectivity index (χ4v) is 1.47. The van der Waals surface area contributed by atoms with Crippen molar-refractivity contribution in [3.63, 3.8) is 0 Å². The van der Waals surface area contributed by atoms with Crippen molar-refractivity contribution in [2.24, 2.45) is 10.9 Å². The highest BCUT2D eigenvalue weighted by molar-refractivity contribution is 9.10. The standard InChI is InChI=1S/C9H11BrN2O/c1-9(2,11)7-4-3-6(10)5-8(7)12-13/h3-5H,11H2,1-2H3. The van der Waals surface area contributed by atoms with Gasteiger partial charge in [0.15, 0.2) is 0 Å². The van der Waals surface area contributed by atoms with E-state index in [1.165, 1.54) is 0 Å². The predicted octanol–water partition coefficient (Wildman–Crippen LogP) is 3.04. The van der Waals surface area contributed by atoms with Gasteiger partial charge in [-0.25, -0.2) is 0 Å². The van der Waals surface area contributed by atoms with E-state index in [0.717, 1.165) is 10.0 Å². The second-order valence-electron chi connectivity index (χ2n) is 3.47. The Hall–Kier alpha value is -0.740. The van der Waals surface area contributed by atoms with Crippen molar-refractivity contribution >= 4 is 21.6 Å². The molecule has 1 aromatic rings. The van der Waals surface area contributed by atoms with Crippen LogP contribution in [0.25, 0.3) is 0 Å². The SMILES string of the molecule is CC(C)(N)c1ccc(Br)cc1N=O. The third-order valence-corrected chi connectivity index (χ3v) is 2.25. The van der Waals surface area contributed by atoms with E-state index in [0.29, 0.717) is 5.69 Å². The molecule has 0 bridgehead atoms. The second kappa shape index (κ2) is 3.55. The smallest absolute Gasteiger partial charge is 0.114 e. The zero-order chi connectivity index (χ0) is 10.1. The molecule has 13 heavy (non-hydrogen) atoms. The minimum atomic E-state index is -0.538. The summed E-state index contributed by atoms with van der Waals surface area (Å²) in [7, 11) is 0. The van der Waals surface area contributed by atoms with Gasteiger partial charge in [0.25, 0.3) is 0 Å². The van der Waals surface area contributed by atoms with Crippen LogP contribution >= 0.6 is 15.9 Å². The largest absolute Gasteiger partial charge is 0.322 e. The van der Waals surface area contributed by atoms with Gasteiger partial charge in [-0.3, -0.25) is 0 Å². The van der Waals surface area contributed by atoms with E-state index in [2.05, 4.69) is 21.1 Å². The third kappa shape index (κ3) is 2.35. The summed E-state index contributed by atoms with van der Waals surface area (Å²) in [5.41, 5.74) is 6.48. The number of benzene rings is 1. The molecule has 0 saturated carbocycles. The van der Waals surface area contributed by atoms with Crippen LogP contribution in [0.2, 0.25) is 0 Å². The van der Waals surface area contributed by atoms with Gasteiger partial charge in [-0.05, 0) is 31.2 Å². The van der Waals surface area contributed by atoms with E-state index in [-0.39, 0.29) is 0 Å². The fraction of sp³-hybridized carbons (Fsp3) is 0.333. The number of halogens is 1. The normalized spacial score (nSPS) is 11.4. The van der Waals surface area contributed by atoms with Crippen LogP contribution in [0.5, 0.6) is 0 Å². The van der Waals surface area contributed by atoms with Gasteiger partial charge in [0, 0.05) is 15.6 Å². The Kier molecular flexibility index (Phi) is 2.83. The Morgan fingerprint density at radius 1 is 1.46 bits per heavy atom. The van der Waals surface area contributed by atoms with Crippen molar-refractivity contribution in [3.05, 3.63) is 33.1 Å². The summed E-state index contributed by atoms with van der Waals surface area (Å²) in [5, 5.41) is 2.94. The highest BCUT2D eigenvalue weighted by Gasteiger charge is 2.18.